The highest BCUT2D eigenvalue weighted by Crippen LogP contribution is 2.29. The van der Waals surface area contributed by atoms with E-state index in [0.717, 1.165) is 36.8 Å². The molecule has 0 unspecified atom stereocenters. The molecule has 0 spiro atoms. The van der Waals surface area contributed by atoms with Crippen molar-refractivity contribution in [3.63, 3.8) is 0 Å². The molecule has 3 nitrogen and oxygen atoms in total. The average Bonchev–Trinajstić information content (AvgIpc) is 3.36. The van der Waals surface area contributed by atoms with E-state index in [9.17, 15) is 4.79 Å². The normalized spacial score (nSPS) is 18.2. The summed E-state index contributed by atoms with van der Waals surface area (Å²) in [4.78, 5) is 13.9. The van der Waals surface area contributed by atoms with Gasteiger partial charge in [0.25, 0.3) is 0 Å². The molecule has 1 saturated carbocycles. The van der Waals surface area contributed by atoms with Crippen molar-refractivity contribution in [2.75, 3.05) is 19.7 Å². The highest BCUT2D eigenvalue weighted by molar-refractivity contribution is 5.92. The summed E-state index contributed by atoms with van der Waals surface area (Å²) in [5.41, 5.74) is 1.00. The molecule has 0 atom stereocenters. The van der Waals surface area contributed by atoms with Crippen molar-refractivity contribution in [1.82, 2.24) is 4.90 Å². The minimum Gasteiger partial charge on any atom is -0.493 e. The molecule has 1 fully saturated rings. The zero-order valence-corrected chi connectivity index (χ0v) is 12.2. The van der Waals surface area contributed by atoms with Gasteiger partial charge in [0.05, 0.1) is 6.61 Å². The second-order valence-corrected chi connectivity index (χ2v) is 5.70. The lowest BCUT2D eigenvalue weighted by Gasteiger charge is -2.21. The molecule has 0 radical (unpaired) electrons. The maximum atomic E-state index is 12.1. The Morgan fingerprint density at radius 3 is 3.00 bits per heavy atom. The second kappa shape index (κ2) is 6.61. The molecule has 3 heteroatoms. The highest BCUT2D eigenvalue weighted by atomic mass is 16.5. The van der Waals surface area contributed by atoms with Crippen LogP contribution in [0.25, 0.3) is 6.08 Å². The first-order valence-corrected chi connectivity index (χ1v) is 7.66. The van der Waals surface area contributed by atoms with E-state index in [4.69, 9.17) is 4.74 Å². The summed E-state index contributed by atoms with van der Waals surface area (Å²) in [5, 5.41) is 0. The standard InChI is InChI=1S/C18H21NO2/c20-18(19-11-2-1-3-12-19)10-9-15-5-4-6-17(13-15)21-14-16-7-8-16/h1-2,4-6,9-10,13,16H,3,7-8,11-12,14H2/b10-9+. The van der Waals surface area contributed by atoms with E-state index in [1.165, 1.54) is 12.8 Å². The van der Waals surface area contributed by atoms with E-state index in [1.54, 1.807) is 6.08 Å². The Hall–Kier alpha value is -2.03. The molecule has 110 valence electrons. The van der Waals surface area contributed by atoms with Gasteiger partial charge in [-0.25, -0.2) is 0 Å². The lowest BCUT2D eigenvalue weighted by atomic mass is 10.2. The predicted molar refractivity (Wildman–Crippen MR) is 84.0 cm³/mol. The molecule has 3 rings (SSSR count). The van der Waals surface area contributed by atoms with E-state index >= 15 is 0 Å². The number of nitrogens with zero attached hydrogens (tertiary/aromatic N) is 1. The molecule has 1 amide bonds. The molecule has 0 saturated heterocycles. The molecule has 2 aliphatic rings. The van der Waals surface area contributed by atoms with Gasteiger partial charge in [-0.3, -0.25) is 4.79 Å². The number of hydrogen-bond acceptors (Lipinski definition) is 2. The molecule has 0 N–H and O–H groups in total. The first-order valence-electron chi connectivity index (χ1n) is 7.66. The average molecular weight is 283 g/mol. The van der Waals surface area contributed by atoms with Gasteiger partial charge < -0.3 is 9.64 Å². The third-order valence-corrected chi connectivity index (χ3v) is 3.83. The molecule has 0 aromatic heterocycles. The van der Waals surface area contributed by atoms with Crippen LogP contribution in [0.3, 0.4) is 0 Å². The van der Waals surface area contributed by atoms with Crippen LogP contribution in [0.1, 0.15) is 24.8 Å². The lowest BCUT2D eigenvalue weighted by Crippen LogP contribution is -2.32. The molecular weight excluding hydrogens is 262 g/mol. The lowest BCUT2D eigenvalue weighted by molar-refractivity contribution is -0.125. The van der Waals surface area contributed by atoms with Crippen LogP contribution in [0.4, 0.5) is 0 Å². The first kappa shape index (κ1) is 13.9. The second-order valence-electron chi connectivity index (χ2n) is 5.70. The van der Waals surface area contributed by atoms with Gasteiger partial charge in [0.15, 0.2) is 0 Å². The predicted octanol–water partition coefficient (Wildman–Crippen LogP) is 3.28. The van der Waals surface area contributed by atoms with E-state index in [0.29, 0.717) is 6.54 Å². The summed E-state index contributed by atoms with van der Waals surface area (Å²) in [6.45, 7) is 2.34. The maximum absolute atomic E-state index is 12.1. The molecule has 1 aliphatic heterocycles. The zero-order valence-electron chi connectivity index (χ0n) is 12.2. The molecular formula is C18H21NO2. The smallest absolute Gasteiger partial charge is 0.246 e. The summed E-state index contributed by atoms with van der Waals surface area (Å²) in [6.07, 6.45) is 11.2. The highest BCUT2D eigenvalue weighted by Gasteiger charge is 2.21. The molecule has 21 heavy (non-hydrogen) atoms. The van der Waals surface area contributed by atoms with Gasteiger partial charge >= 0.3 is 0 Å². The monoisotopic (exact) mass is 283 g/mol. The van der Waals surface area contributed by atoms with Crippen LogP contribution >= 0.6 is 0 Å². The number of benzene rings is 1. The SMILES string of the molecule is O=C(/C=C/c1cccc(OCC2CC2)c1)N1CC=CCC1. The third kappa shape index (κ3) is 4.22. The van der Waals surface area contributed by atoms with Gasteiger partial charge in [-0.05, 0) is 49.0 Å². The van der Waals surface area contributed by atoms with Crippen LogP contribution in [-0.2, 0) is 4.79 Å². The number of carbonyl (C=O) groups is 1. The van der Waals surface area contributed by atoms with Crippen LogP contribution in [0.15, 0.2) is 42.5 Å². The van der Waals surface area contributed by atoms with Gasteiger partial charge in [-0.2, -0.15) is 0 Å². The molecule has 1 aromatic rings. The fraction of sp³-hybridized carbons (Fsp3) is 0.389. The van der Waals surface area contributed by atoms with Gasteiger partial charge in [-0.15, -0.1) is 0 Å². The van der Waals surface area contributed by atoms with Crippen molar-refractivity contribution in [3.05, 3.63) is 48.1 Å². The van der Waals surface area contributed by atoms with Crippen LogP contribution < -0.4 is 4.74 Å². The van der Waals surface area contributed by atoms with Crippen molar-refractivity contribution in [2.24, 2.45) is 5.92 Å². The van der Waals surface area contributed by atoms with Gasteiger partial charge in [-0.1, -0.05) is 24.3 Å². The Labute approximate surface area is 125 Å². The Morgan fingerprint density at radius 2 is 2.24 bits per heavy atom. The van der Waals surface area contributed by atoms with Crippen LogP contribution in [0.2, 0.25) is 0 Å². The van der Waals surface area contributed by atoms with Crippen molar-refractivity contribution in [3.8, 4) is 5.75 Å². The summed E-state index contributed by atoms with van der Waals surface area (Å²) >= 11 is 0. The maximum Gasteiger partial charge on any atom is 0.246 e. The molecule has 0 bridgehead atoms. The van der Waals surface area contributed by atoms with E-state index in [-0.39, 0.29) is 5.91 Å². The fourth-order valence-electron chi connectivity index (χ4n) is 2.32. The summed E-state index contributed by atoms with van der Waals surface area (Å²) in [5.74, 6) is 1.71. The molecule has 1 aromatic carbocycles. The fourth-order valence-corrected chi connectivity index (χ4v) is 2.32. The first-order chi connectivity index (χ1) is 10.3. The Kier molecular flexibility index (Phi) is 4.39. The van der Waals surface area contributed by atoms with E-state index in [2.05, 4.69) is 6.08 Å². The molecule has 1 aliphatic carbocycles. The van der Waals surface area contributed by atoms with Crippen molar-refractivity contribution < 1.29 is 9.53 Å². The number of amides is 1. The number of hydrogen-bond donors (Lipinski definition) is 0. The number of rotatable bonds is 5. The Bertz CT molecular complexity index is 558. The number of carbonyl (C=O) groups excluding carboxylic acids is 1. The van der Waals surface area contributed by atoms with Crippen LogP contribution in [0.5, 0.6) is 5.75 Å². The molecule has 1 heterocycles. The Balaban J connectivity index is 1.57. The zero-order chi connectivity index (χ0) is 14.5. The van der Waals surface area contributed by atoms with E-state index < -0.39 is 0 Å². The van der Waals surface area contributed by atoms with Crippen LogP contribution in [-0.4, -0.2) is 30.5 Å². The van der Waals surface area contributed by atoms with E-state index in [1.807, 2.05) is 41.3 Å². The third-order valence-electron chi connectivity index (χ3n) is 3.83. The summed E-state index contributed by atoms with van der Waals surface area (Å²) in [7, 11) is 0. The Morgan fingerprint density at radius 1 is 1.33 bits per heavy atom. The quantitative estimate of drug-likeness (QED) is 0.613. The van der Waals surface area contributed by atoms with Crippen molar-refractivity contribution >= 4 is 12.0 Å². The minimum absolute atomic E-state index is 0.0728. The van der Waals surface area contributed by atoms with Crippen molar-refractivity contribution in [2.45, 2.75) is 19.3 Å². The summed E-state index contributed by atoms with van der Waals surface area (Å²) < 4.78 is 5.76. The van der Waals surface area contributed by atoms with Crippen molar-refractivity contribution in [1.29, 1.82) is 0 Å². The minimum atomic E-state index is 0.0728. The van der Waals surface area contributed by atoms with Gasteiger partial charge in [0.2, 0.25) is 5.91 Å². The van der Waals surface area contributed by atoms with Crippen LogP contribution in [0, 0.1) is 5.92 Å². The topological polar surface area (TPSA) is 29.5 Å². The van der Waals surface area contributed by atoms with Gasteiger partial charge in [0, 0.05) is 19.2 Å². The summed E-state index contributed by atoms with van der Waals surface area (Å²) in [6, 6.07) is 7.92. The number of ether oxygens (including phenoxy) is 1. The largest absolute Gasteiger partial charge is 0.493 e. The van der Waals surface area contributed by atoms with Gasteiger partial charge in [0.1, 0.15) is 5.75 Å².